The van der Waals surface area contributed by atoms with Gasteiger partial charge in [0, 0.05) is 35.5 Å². The number of rotatable bonds is 5. The number of carbonyl (C=O) groups excluding carboxylic acids is 1. The Morgan fingerprint density at radius 3 is 2.73 bits per heavy atom. The molecule has 174 valence electrons. The molecule has 1 aromatic carbocycles. The van der Waals surface area contributed by atoms with Gasteiger partial charge in [-0.15, -0.1) is 11.3 Å². The van der Waals surface area contributed by atoms with Gasteiger partial charge >= 0.3 is 0 Å². The van der Waals surface area contributed by atoms with Gasteiger partial charge in [0.25, 0.3) is 5.56 Å². The summed E-state index contributed by atoms with van der Waals surface area (Å²) in [7, 11) is 3.12. The first-order chi connectivity index (χ1) is 16.0. The summed E-state index contributed by atoms with van der Waals surface area (Å²) in [4.78, 5) is 34.4. The highest BCUT2D eigenvalue weighted by atomic mass is 32.1. The average Bonchev–Trinajstić information content (AvgIpc) is 3.22. The number of thiophene rings is 1. The number of aromatic nitrogens is 2. The van der Waals surface area contributed by atoms with Gasteiger partial charge in [-0.3, -0.25) is 14.2 Å². The fraction of sp³-hybridized carbons (Fsp3) is 0.458. The summed E-state index contributed by atoms with van der Waals surface area (Å²) in [5.41, 5.74) is 2.49. The van der Waals surface area contributed by atoms with Crippen molar-refractivity contribution >= 4 is 27.5 Å². The van der Waals surface area contributed by atoms with Gasteiger partial charge in [-0.1, -0.05) is 0 Å². The Morgan fingerprint density at radius 1 is 1.18 bits per heavy atom. The molecular weight excluding hydrogens is 442 g/mol. The Labute approximate surface area is 195 Å². The first-order valence-electron chi connectivity index (χ1n) is 11.2. The number of ether oxygens (including phenoxy) is 2. The maximum absolute atomic E-state index is 13.2. The summed E-state index contributed by atoms with van der Waals surface area (Å²) in [5, 5.41) is 11.5. The molecule has 1 atom stereocenters. The summed E-state index contributed by atoms with van der Waals surface area (Å²) in [6.07, 6.45) is 5.01. The quantitative estimate of drug-likeness (QED) is 0.618. The molecule has 2 aromatic heterocycles. The highest BCUT2D eigenvalue weighted by Crippen LogP contribution is 2.39. The molecule has 0 saturated carbocycles. The first-order valence-corrected chi connectivity index (χ1v) is 12.0. The van der Waals surface area contributed by atoms with Crippen LogP contribution >= 0.6 is 11.3 Å². The van der Waals surface area contributed by atoms with E-state index in [0.29, 0.717) is 23.6 Å². The minimum Gasteiger partial charge on any atom is -0.496 e. The Kier molecular flexibility index (Phi) is 5.84. The van der Waals surface area contributed by atoms with Gasteiger partial charge in [-0.25, -0.2) is 4.98 Å². The molecule has 8 nitrogen and oxygen atoms in total. The predicted octanol–water partition coefficient (Wildman–Crippen LogP) is 2.82. The number of fused-ring (bicyclic) bond motifs is 4. The van der Waals surface area contributed by atoms with Gasteiger partial charge in [0.2, 0.25) is 5.91 Å². The number of carbonyl (C=O) groups is 1. The zero-order valence-electron chi connectivity index (χ0n) is 18.8. The van der Waals surface area contributed by atoms with Crippen LogP contribution in [0.3, 0.4) is 0 Å². The van der Waals surface area contributed by atoms with Crippen molar-refractivity contribution in [1.29, 1.82) is 0 Å². The number of hydrogen-bond acceptors (Lipinski definition) is 7. The highest BCUT2D eigenvalue weighted by Gasteiger charge is 2.32. The zero-order chi connectivity index (χ0) is 23.1. The van der Waals surface area contributed by atoms with Crippen molar-refractivity contribution in [3.63, 3.8) is 0 Å². The zero-order valence-corrected chi connectivity index (χ0v) is 19.6. The van der Waals surface area contributed by atoms with Crippen LogP contribution in [0.1, 0.15) is 46.9 Å². The van der Waals surface area contributed by atoms with Crippen molar-refractivity contribution < 1.29 is 19.4 Å². The normalized spacial score (nSPS) is 17.5. The Hall–Kier alpha value is -2.91. The molecule has 1 aliphatic carbocycles. The Balaban J connectivity index is 1.36. The lowest BCUT2D eigenvalue weighted by Crippen LogP contribution is -2.39. The van der Waals surface area contributed by atoms with Crippen molar-refractivity contribution in [2.24, 2.45) is 0 Å². The van der Waals surface area contributed by atoms with Crippen molar-refractivity contribution in [2.75, 3.05) is 20.8 Å². The van der Waals surface area contributed by atoms with Crippen molar-refractivity contribution in [2.45, 2.75) is 51.3 Å². The van der Waals surface area contributed by atoms with Crippen LogP contribution in [-0.4, -0.2) is 46.2 Å². The van der Waals surface area contributed by atoms with E-state index in [9.17, 15) is 14.7 Å². The van der Waals surface area contributed by atoms with Gasteiger partial charge < -0.3 is 19.5 Å². The van der Waals surface area contributed by atoms with Crippen LogP contribution in [0.5, 0.6) is 11.5 Å². The number of nitrogens with zero attached hydrogens (tertiary/aromatic N) is 3. The van der Waals surface area contributed by atoms with Gasteiger partial charge in [0.15, 0.2) is 0 Å². The van der Waals surface area contributed by atoms with Crippen LogP contribution in [0.4, 0.5) is 0 Å². The van der Waals surface area contributed by atoms with Crippen LogP contribution in [-0.2, 0) is 30.7 Å². The van der Waals surface area contributed by atoms with E-state index in [0.717, 1.165) is 47.0 Å². The highest BCUT2D eigenvalue weighted by molar-refractivity contribution is 7.18. The Bertz CT molecular complexity index is 1280. The first kappa shape index (κ1) is 21.9. The monoisotopic (exact) mass is 469 g/mol. The van der Waals surface area contributed by atoms with Crippen LogP contribution in [0.25, 0.3) is 10.2 Å². The fourth-order valence-corrected chi connectivity index (χ4v) is 6.20. The van der Waals surface area contributed by atoms with Crippen LogP contribution < -0.4 is 15.0 Å². The van der Waals surface area contributed by atoms with E-state index in [4.69, 9.17) is 9.47 Å². The van der Waals surface area contributed by atoms with Crippen molar-refractivity contribution in [1.82, 2.24) is 14.5 Å². The summed E-state index contributed by atoms with van der Waals surface area (Å²) in [6, 6.07) is 3.54. The number of benzene rings is 1. The molecule has 0 saturated heterocycles. The predicted molar refractivity (Wildman–Crippen MR) is 125 cm³/mol. The minimum absolute atomic E-state index is 0.0670. The number of amides is 1. The fourth-order valence-electron chi connectivity index (χ4n) is 4.98. The van der Waals surface area contributed by atoms with E-state index in [-0.39, 0.29) is 31.0 Å². The molecule has 1 amide bonds. The molecule has 0 fully saturated rings. The van der Waals surface area contributed by atoms with E-state index in [1.165, 1.54) is 4.88 Å². The molecule has 5 rings (SSSR count). The average molecular weight is 470 g/mol. The third kappa shape index (κ3) is 3.79. The molecule has 1 N–H and O–H groups in total. The third-order valence-electron chi connectivity index (χ3n) is 6.65. The lowest BCUT2D eigenvalue weighted by Gasteiger charge is -2.34. The molecular formula is C24H27N3O5S. The van der Waals surface area contributed by atoms with E-state index < -0.39 is 6.10 Å². The lowest BCUT2D eigenvalue weighted by atomic mass is 9.95. The molecule has 3 heterocycles. The van der Waals surface area contributed by atoms with Crippen molar-refractivity contribution in [3.8, 4) is 11.5 Å². The van der Waals surface area contributed by atoms with Crippen LogP contribution in [0.2, 0.25) is 0 Å². The SMILES string of the molecule is COc1ccc(OC)c2c1CN(C(=O)CCn1cnc3sc4c(c3c1=O)CCCC4)CC2O. The largest absolute Gasteiger partial charge is 0.496 e. The molecule has 2 aliphatic rings. The number of methoxy groups -OCH3 is 2. The number of aliphatic hydroxyl groups excluding tert-OH is 1. The second-order valence-corrected chi connectivity index (χ2v) is 9.62. The number of hydrogen-bond donors (Lipinski definition) is 1. The van der Waals surface area contributed by atoms with E-state index >= 15 is 0 Å². The molecule has 3 aromatic rings. The Morgan fingerprint density at radius 2 is 1.94 bits per heavy atom. The maximum atomic E-state index is 13.2. The maximum Gasteiger partial charge on any atom is 0.262 e. The summed E-state index contributed by atoms with van der Waals surface area (Å²) >= 11 is 1.62. The molecule has 1 unspecified atom stereocenters. The summed E-state index contributed by atoms with van der Waals surface area (Å²) < 4.78 is 12.4. The molecule has 0 spiro atoms. The summed E-state index contributed by atoms with van der Waals surface area (Å²) in [6.45, 7) is 0.731. The van der Waals surface area contributed by atoms with E-state index in [2.05, 4.69) is 4.98 Å². The third-order valence-corrected chi connectivity index (χ3v) is 7.85. The van der Waals surface area contributed by atoms with Crippen LogP contribution in [0, 0.1) is 0 Å². The topological polar surface area (TPSA) is 93.9 Å². The molecule has 9 heteroatoms. The number of aliphatic hydroxyl groups is 1. The molecule has 0 bridgehead atoms. The van der Waals surface area contributed by atoms with Gasteiger partial charge in [0.1, 0.15) is 22.4 Å². The van der Waals surface area contributed by atoms with Gasteiger partial charge in [0.05, 0.1) is 32.5 Å². The standard InChI is InChI=1S/C24H27N3O5S/c1-31-17-7-8-18(32-2)21-15(17)11-27(12-16(21)28)20(29)9-10-26-13-25-23-22(24(26)30)14-5-3-4-6-19(14)33-23/h7-8,13,16,28H,3-6,9-12H2,1-2H3. The summed E-state index contributed by atoms with van der Waals surface area (Å²) in [5.74, 6) is 1.05. The van der Waals surface area contributed by atoms with Gasteiger partial charge in [-0.05, 0) is 43.4 Å². The molecule has 0 radical (unpaired) electrons. The molecule has 33 heavy (non-hydrogen) atoms. The molecule has 1 aliphatic heterocycles. The van der Waals surface area contributed by atoms with E-state index in [1.54, 1.807) is 53.5 Å². The lowest BCUT2D eigenvalue weighted by molar-refractivity contribution is -0.134. The minimum atomic E-state index is -0.874. The second-order valence-electron chi connectivity index (χ2n) is 8.54. The number of β-amino-alcohol motifs (C(OH)–C–C–N with tert-alkyl or cyclic N) is 1. The van der Waals surface area contributed by atoms with Gasteiger partial charge in [-0.2, -0.15) is 0 Å². The smallest absolute Gasteiger partial charge is 0.262 e. The second kappa shape index (κ2) is 8.79. The van der Waals surface area contributed by atoms with E-state index in [1.807, 2.05) is 0 Å². The van der Waals surface area contributed by atoms with Crippen LogP contribution in [0.15, 0.2) is 23.3 Å². The number of aryl methyl sites for hydroxylation is 3. The van der Waals surface area contributed by atoms with Crippen molar-refractivity contribution in [3.05, 3.63) is 50.4 Å².